The summed E-state index contributed by atoms with van der Waals surface area (Å²) in [5, 5.41) is 25.7. The Morgan fingerprint density at radius 2 is 1.16 bits per heavy atom. The summed E-state index contributed by atoms with van der Waals surface area (Å²) < 4.78 is 80.7. The van der Waals surface area contributed by atoms with E-state index in [1.165, 1.54) is 48.5 Å². The van der Waals surface area contributed by atoms with Crippen molar-refractivity contribution in [2.75, 3.05) is 0 Å². The third kappa shape index (κ3) is 11.3. The van der Waals surface area contributed by atoms with Gasteiger partial charge in [0.1, 0.15) is 5.75 Å². The quantitative estimate of drug-likeness (QED) is 0.142. The van der Waals surface area contributed by atoms with Crippen LogP contribution in [0, 0.1) is 13.8 Å². The molecule has 0 spiro atoms. The molecule has 0 aliphatic carbocycles. The Balaban J connectivity index is 0.000000353. The molecule has 45 heavy (non-hydrogen) atoms. The number of benzene rings is 4. The lowest BCUT2D eigenvalue weighted by Gasteiger charge is -2.14. The van der Waals surface area contributed by atoms with Gasteiger partial charge in [-0.15, -0.1) is 0 Å². The molecule has 4 rings (SSSR count). The Hall–Kier alpha value is -4.30. The van der Waals surface area contributed by atoms with Crippen molar-refractivity contribution in [3.8, 4) is 16.9 Å². The predicted molar refractivity (Wildman–Crippen MR) is 161 cm³/mol. The standard InChI is InChI=1S/C15H11F3O2.C8H7BrO2.C7H5BF3O2.CH4/c1-9-8-10(14(19)20)6-7-11(9)12-4-2-3-5-13(12)15(16,17)18;1-5-4-6(8(10)11)2-3-7(5)9;9-7(10,11)5-3-1-2-4-6(5)13-8-12;/h2-8H,1H3,(H,19,20);2-4H,1H3,(H,10,11);1-4,12H;1H4. The fraction of sp³-hybridized carbons (Fsp3) is 0.161. The van der Waals surface area contributed by atoms with E-state index in [4.69, 9.17) is 15.2 Å². The highest BCUT2D eigenvalue weighted by Crippen LogP contribution is 2.38. The highest BCUT2D eigenvalue weighted by atomic mass is 79.9. The van der Waals surface area contributed by atoms with E-state index in [1.807, 2.05) is 6.92 Å². The van der Waals surface area contributed by atoms with E-state index in [0.29, 0.717) is 16.7 Å². The molecule has 0 amide bonds. The number of carboxylic acid groups (broad SMARTS) is 2. The highest BCUT2D eigenvalue weighted by molar-refractivity contribution is 9.10. The first-order chi connectivity index (χ1) is 20.5. The molecule has 0 aromatic heterocycles. The molecule has 0 saturated heterocycles. The molecule has 0 fully saturated rings. The van der Waals surface area contributed by atoms with Gasteiger partial charge in [0.2, 0.25) is 0 Å². The summed E-state index contributed by atoms with van der Waals surface area (Å²) in [4.78, 5) is 21.3. The zero-order valence-corrected chi connectivity index (χ0v) is 24.5. The van der Waals surface area contributed by atoms with E-state index < -0.39 is 41.2 Å². The number of hydrogen-bond acceptors (Lipinski definition) is 4. The number of alkyl halides is 6. The average Bonchev–Trinajstić information content (AvgIpc) is 2.94. The predicted octanol–water partition coefficient (Wildman–Crippen LogP) is 9.08. The maximum Gasteiger partial charge on any atom is 0.569 e. The molecule has 6 nitrogen and oxygen atoms in total. The van der Waals surface area contributed by atoms with Crippen LogP contribution in [0.1, 0.15) is 50.4 Å². The Morgan fingerprint density at radius 3 is 1.62 bits per heavy atom. The van der Waals surface area contributed by atoms with Gasteiger partial charge < -0.3 is 19.9 Å². The molecule has 0 unspecified atom stereocenters. The zero-order valence-electron chi connectivity index (χ0n) is 22.9. The Kier molecular flexibility index (Phi) is 14.4. The smallest absolute Gasteiger partial charge is 0.537 e. The number of hydrogen-bond donors (Lipinski definition) is 3. The molecule has 3 N–H and O–H groups in total. The summed E-state index contributed by atoms with van der Waals surface area (Å²) in [6.07, 6.45) is -8.92. The second kappa shape index (κ2) is 16.7. The molecule has 0 bridgehead atoms. The molecule has 239 valence electrons. The molecule has 14 heteroatoms. The molecule has 0 aliphatic rings. The van der Waals surface area contributed by atoms with E-state index in [1.54, 1.807) is 25.1 Å². The number of rotatable bonds is 5. The van der Waals surface area contributed by atoms with Crippen molar-refractivity contribution in [1.82, 2.24) is 0 Å². The van der Waals surface area contributed by atoms with E-state index >= 15 is 0 Å². The van der Waals surface area contributed by atoms with Crippen LogP contribution in [0.15, 0.2) is 89.4 Å². The molecule has 0 aliphatic heterocycles. The second-order valence-electron chi connectivity index (χ2n) is 8.86. The normalized spacial score (nSPS) is 10.6. The molecular weight excluding hydrogens is 673 g/mol. The molecule has 4 aromatic rings. The van der Waals surface area contributed by atoms with Crippen LogP contribution in [0.25, 0.3) is 11.1 Å². The largest absolute Gasteiger partial charge is 0.569 e. The van der Waals surface area contributed by atoms with E-state index in [0.717, 1.165) is 28.2 Å². The summed E-state index contributed by atoms with van der Waals surface area (Å²) in [6.45, 7) is 3.45. The summed E-state index contributed by atoms with van der Waals surface area (Å²) in [7, 11) is 0.213. The van der Waals surface area contributed by atoms with Crippen molar-refractivity contribution < 1.29 is 55.8 Å². The number of aryl methyl sites for hydroxylation is 2. The van der Waals surface area contributed by atoms with Gasteiger partial charge in [0, 0.05) is 4.47 Å². The minimum Gasteiger partial charge on any atom is -0.537 e. The summed E-state index contributed by atoms with van der Waals surface area (Å²) in [5.41, 5.74) is 0.580. The van der Waals surface area contributed by atoms with Crippen LogP contribution in [-0.2, 0) is 12.4 Å². The number of halogens is 7. The minimum atomic E-state index is -4.47. The van der Waals surface area contributed by atoms with Crippen LogP contribution in [0.3, 0.4) is 0 Å². The second-order valence-corrected chi connectivity index (χ2v) is 9.72. The van der Waals surface area contributed by atoms with Crippen molar-refractivity contribution in [2.45, 2.75) is 33.6 Å². The van der Waals surface area contributed by atoms with Gasteiger partial charge in [-0.05, 0) is 84.6 Å². The van der Waals surface area contributed by atoms with Crippen molar-refractivity contribution in [1.29, 1.82) is 0 Å². The monoisotopic (exact) mass is 699 g/mol. The molecule has 0 atom stereocenters. The van der Waals surface area contributed by atoms with Crippen LogP contribution >= 0.6 is 15.9 Å². The van der Waals surface area contributed by atoms with E-state index in [9.17, 15) is 35.9 Å². The first kappa shape index (κ1) is 38.7. The maximum atomic E-state index is 13.0. The SMILES string of the molecule is C.Cc1cc(C(=O)O)ccc1-c1ccccc1C(F)(F)F.Cc1cc(C(=O)O)ccc1Br.O[B]Oc1ccccc1C(F)(F)F. The lowest BCUT2D eigenvalue weighted by Crippen LogP contribution is -2.10. The van der Waals surface area contributed by atoms with Crippen molar-refractivity contribution >= 4 is 35.6 Å². The fourth-order valence-electron chi connectivity index (χ4n) is 3.70. The number of para-hydroxylation sites is 1. The third-order valence-electron chi connectivity index (χ3n) is 5.77. The van der Waals surface area contributed by atoms with E-state index in [2.05, 4.69) is 20.6 Å². The van der Waals surface area contributed by atoms with Gasteiger partial charge in [-0.3, -0.25) is 0 Å². The Labute approximate surface area is 264 Å². The molecule has 1 radical (unpaired) electrons. The van der Waals surface area contributed by atoms with Crippen molar-refractivity contribution in [2.24, 2.45) is 0 Å². The van der Waals surface area contributed by atoms with Crippen LogP contribution < -0.4 is 4.65 Å². The third-order valence-corrected chi connectivity index (χ3v) is 6.66. The van der Waals surface area contributed by atoms with Gasteiger partial charge in [0.15, 0.2) is 0 Å². The lowest BCUT2D eigenvalue weighted by molar-refractivity contribution is -0.138. The van der Waals surface area contributed by atoms with Gasteiger partial charge in [-0.1, -0.05) is 59.8 Å². The molecular formula is C31H27BBrF6O6. The topological polar surface area (TPSA) is 104 Å². The van der Waals surface area contributed by atoms with Crippen molar-refractivity contribution in [3.63, 3.8) is 0 Å². The van der Waals surface area contributed by atoms with Crippen LogP contribution in [-0.4, -0.2) is 34.9 Å². The lowest BCUT2D eigenvalue weighted by atomic mass is 9.94. The van der Waals surface area contributed by atoms with E-state index in [-0.39, 0.29) is 26.2 Å². The zero-order chi connectivity index (χ0) is 33.2. The Bertz CT molecular complexity index is 1610. The average molecular weight is 700 g/mol. The first-order valence-corrected chi connectivity index (χ1v) is 13.1. The Morgan fingerprint density at radius 1 is 0.689 bits per heavy atom. The molecule has 4 aromatic carbocycles. The maximum absolute atomic E-state index is 13.0. The number of carboxylic acids is 2. The van der Waals surface area contributed by atoms with Gasteiger partial charge in [-0.25, -0.2) is 9.59 Å². The van der Waals surface area contributed by atoms with Gasteiger partial charge >= 0.3 is 32.0 Å². The minimum absolute atomic E-state index is 0. The molecule has 0 saturated carbocycles. The summed E-state index contributed by atoms with van der Waals surface area (Å²) >= 11 is 3.29. The van der Waals surface area contributed by atoms with Crippen LogP contribution in [0.2, 0.25) is 0 Å². The van der Waals surface area contributed by atoms with Crippen LogP contribution in [0.4, 0.5) is 26.3 Å². The highest BCUT2D eigenvalue weighted by Gasteiger charge is 2.34. The van der Waals surface area contributed by atoms with Gasteiger partial charge in [0.25, 0.3) is 0 Å². The van der Waals surface area contributed by atoms with Gasteiger partial charge in [0.05, 0.1) is 22.3 Å². The molecule has 0 heterocycles. The van der Waals surface area contributed by atoms with Crippen molar-refractivity contribution in [3.05, 3.63) is 123 Å². The van der Waals surface area contributed by atoms with Gasteiger partial charge in [-0.2, -0.15) is 26.3 Å². The first-order valence-electron chi connectivity index (χ1n) is 12.3. The fourth-order valence-corrected chi connectivity index (χ4v) is 3.95. The summed E-state index contributed by atoms with van der Waals surface area (Å²) in [6, 6.07) is 18.9. The van der Waals surface area contributed by atoms with Crippen LogP contribution in [0.5, 0.6) is 5.75 Å². The number of aromatic carboxylic acids is 2. The number of carbonyl (C=O) groups is 2. The summed E-state index contributed by atoms with van der Waals surface area (Å²) in [5.74, 6) is -2.41.